The number of aryl methyl sites for hydroxylation is 2. The van der Waals surface area contributed by atoms with Crippen LogP contribution in [-0.4, -0.2) is 15.0 Å². The monoisotopic (exact) mass is 276 g/mol. The van der Waals surface area contributed by atoms with Crippen LogP contribution in [0.5, 0.6) is 0 Å². The average molecular weight is 277 g/mol. The molecule has 0 saturated carbocycles. The highest BCUT2D eigenvalue weighted by Crippen LogP contribution is 2.08. The molecule has 1 aromatic carbocycles. The molecule has 0 amide bonds. The topological polar surface area (TPSA) is 52.0 Å². The van der Waals surface area contributed by atoms with Crippen molar-refractivity contribution in [2.45, 2.75) is 19.8 Å². The lowest BCUT2D eigenvalue weighted by Gasteiger charge is -2.10. The maximum atomic E-state index is 11.8. The highest BCUT2D eigenvalue weighted by atomic mass is 35.5. The molecule has 98 valence electrons. The fourth-order valence-corrected chi connectivity index (χ4v) is 1.90. The largest absolute Gasteiger partial charge is 0.288 e. The molecule has 4 nitrogen and oxygen atoms in total. The van der Waals surface area contributed by atoms with E-state index in [1.807, 2.05) is 37.3 Å². The lowest BCUT2D eigenvalue weighted by Crippen LogP contribution is -2.19. The number of benzene rings is 1. The third-order valence-electron chi connectivity index (χ3n) is 2.74. The van der Waals surface area contributed by atoms with Crippen molar-refractivity contribution in [2.75, 3.05) is 0 Å². The molecule has 19 heavy (non-hydrogen) atoms. The van der Waals surface area contributed by atoms with Gasteiger partial charge in [0, 0.05) is 24.6 Å². The smallest absolute Gasteiger partial charge is 0.222 e. The van der Waals surface area contributed by atoms with Crippen molar-refractivity contribution in [3.05, 3.63) is 58.0 Å². The van der Waals surface area contributed by atoms with Gasteiger partial charge in [0.15, 0.2) is 0 Å². The predicted molar refractivity (Wildman–Crippen MR) is 73.8 cm³/mol. The third kappa shape index (κ3) is 3.29. The first-order valence-electron chi connectivity index (χ1n) is 5.91. The van der Waals surface area contributed by atoms with Crippen molar-refractivity contribution in [1.29, 1.82) is 0 Å². The zero-order valence-electron chi connectivity index (χ0n) is 10.5. The zero-order valence-corrected chi connectivity index (χ0v) is 11.2. The second-order valence-electron chi connectivity index (χ2n) is 4.20. The van der Waals surface area contributed by atoms with Crippen LogP contribution in [0.25, 0.3) is 5.69 Å². The SMILES string of the molecule is Cc1cc(=O)c(CCC(=O)Cl)nn1-c1ccccc1. The van der Waals surface area contributed by atoms with Crippen LogP contribution in [0, 0.1) is 6.92 Å². The van der Waals surface area contributed by atoms with Crippen molar-refractivity contribution >= 4 is 16.8 Å². The van der Waals surface area contributed by atoms with Gasteiger partial charge in [0.2, 0.25) is 10.7 Å². The van der Waals surface area contributed by atoms with Gasteiger partial charge in [-0.15, -0.1) is 0 Å². The minimum Gasteiger partial charge on any atom is -0.288 e. The highest BCUT2D eigenvalue weighted by Gasteiger charge is 2.08. The molecule has 1 heterocycles. The summed E-state index contributed by atoms with van der Waals surface area (Å²) >= 11 is 5.29. The summed E-state index contributed by atoms with van der Waals surface area (Å²) in [5.41, 5.74) is 1.81. The van der Waals surface area contributed by atoms with Gasteiger partial charge in [-0.05, 0) is 30.7 Å². The number of halogens is 1. The summed E-state index contributed by atoms with van der Waals surface area (Å²) in [5, 5.41) is 3.84. The van der Waals surface area contributed by atoms with Gasteiger partial charge >= 0.3 is 0 Å². The lowest BCUT2D eigenvalue weighted by molar-refractivity contribution is -0.111. The number of hydrogen-bond acceptors (Lipinski definition) is 3. The first-order chi connectivity index (χ1) is 9.08. The number of para-hydroxylation sites is 1. The van der Waals surface area contributed by atoms with Crippen LogP contribution in [-0.2, 0) is 11.2 Å². The van der Waals surface area contributed by atoms with Crippen LogP contribution in [0.2, 0.25) is 0 Å². The number of rotatable bonds is 4. The first kappa shape index (κ1) is 13.5. The maximum Gasteiger partial charge on any atom is 0.222 e. The summed E-state index contributed by atoms with van der Waals surface area (Å²) in [5.74, 6) is 0. The maximum absolute atomic E-state index is 11.8. The Labute approximate surface area is 115 Å². The molecule has 0 aliphatic heterocycles. The quantitative estimate of drug-likeness (QED) is 0.805. The van der Waals surface area contributed by atoms with Gasteiger partial charge in [-0.25, -0.2) is 4.68 Å². The molecule has 0 aliphatic rings. The molecule has 5 heteroatoms. The van der Waals surface area contributed by atoms with E-state index in [4.69, 9.17) is 11.6 Å². The van der Waals surface area contributed by atoms with Gasteiger partial charge in [-0.1, -0.05) is 18.2 Å². The van der Waals surface area contributed by atoms with Crippen molar-refractivity contribution in [3.8, 4) is 5.69 Å². The molecule has 2 rings (SSSR count). The average Bonchev–Trinajstić information content (AvgIpc) is 2.38. The van der Waals surface area contributed by atoms with E-state index >= 15 is 0 Å². The van der Waals surface area contributed by atoms with Gasteiger partial charge in [0.25, 0.3) is 0 Å². The minimum absolute atomic E-state index is 0.113. The fraction of sp³-hybridized carbons (Fsp3) is 0.214. The van der Waals surface area contributed by atoms with E-state index in [9.17, 15) is 9.59 Å². The normalized spacial score (nSPS) is 10.4. The summed E-state index contributed by atoms with van der Waals surface area (Å²) in [4.78, 5) is 22.6. The molecule has 0 atom stereocenters. The Morgan fingerprint density at radius 3 is 2.63 bits per heavy atom. The summed E-state index contributed by atoms with van der Waals surface area (Å²) in [6, 6.07) is 11.0. The zero-order chi connectivity index (χ0) is 13.8. The summed E-state index contributed by atoms with van der Waals surface area (Å²) in [6.45, 7) is 1.82. The van der Waals surface area contributed by atoms with E-state index in [2.05, 4.69) is 5.10 Å². The molecule has 2 aromatic rings. The van der Waals surface area contributed by atoms with E-state index in [0.717, 1.165) is 11.4 Å². The second-order valence-corrected chi connectivity index (χ2v) is 4.62. The van der Waals surface area contributed by atoms with Crippen molar-refractivity contribution < 1.29 is 4.79 Å². The van der Waals surface area contributed by atoms with Crippen LogP contribution in [0.15, 0.2) is 41.2 Å². The van der Waals surface area contributed by atoms with E-state index in [1.165, 1.54) is 6.07 Å². The van der Waals surface area contributed by atoms with E-state index < -0.39 is 5.24 Å². The van der Waals surface area contributed by atoms with Crippen molar-refractivity contribution in [2.24, 2.45) is 0 Å². The number of aromatic nitrogens is 2. The Kier molecular flexibility index (Phi) is 4.12. The predicted octanol–water partition coefficient (Wildman–Crippen LogP) is 2.24. The van der Waals surface area contributed by atoms with Crippen molar-refractivity contribution in [3.63, 3.8) is 0 Å². The molecule has 0 N–H and O–H groups in total. The summed E-state index contributed by atoms with van der Waals surface area (Å²) < 4.78 is 1.69. The van der Waals surface area contributed by atoms with Gasteiger partial charge in [0.1, 0.15) is 5.69 Å². The Hall–Kier alpha value is -1.94. The fourth-order valence-electron chi connectivity index (χ4n) is 1.80. The van der Waals surface area contributed by atoms with Gasteiger partial charge in [-0.3, -0.25) is 9.59 Å². The molecule has 1 aromatic heterocycles. The number of carbonyl (C=O) groups is 1. The Morgan fingerprint density at radius 2 is 2.00 bits per heavy atom. The standard InChI is InChI=1S/C14H13ClN2O2/c1-10-9-13(18)12(7-8-14(15)19)16-17(10)11-5-3-2-4-6-11/h2-6,9H,7-8H2,1H3. The van der Waals surface area contributed by atoms with Gasteiger partial charge in [0.05, 0.1) is 5.69 Å². The molecular weight excluding hydrogens is 264 g/mol. The van der Waals surface area contributed by atoms with Crippen molar-refractivity contribution in [1.82, 2.24) is 9.78 Å². The third-order valence-corrected chi connectivity index (χ3v) is 2.93. The Balaban J connectivity index is 2.42. The van der Waals surface area contributed by atoms with E-state index in [-0.39, 0.29) is 18.3 Å². The Morgan fingerprint density at radius 1 is 1.32 bits per heavy atom. The summed E-state index contributed by atoms with van der Waals surface area (Å²) in [6.07, 6.45) is 0.371. The molecule has 0 bridgehead atoms. The highest BCUT2D eigenvalue weighted by molar-refractivity contribution is 6.63. The van der Waals surface area contributed by atoms with E-state index in [1.54, 1.807) is 4.68 Å². The van der Waals surface area contributed by atoms with Gasteiger partial charge in [-0.2, -0.15) is 5.10 Å². The summed E-state index contributed by atoms with van der Waals surface area (Å²) in [7, 11) is 0. The van der Waals surface area contributed by atoms with E-state index in [0.29, 0.717) is 5.69 Å². The van der Waals surface area contributed by atoms with Crippen LogP contribution >= 0.6 is 11.6 Å². The first-order valence-corrected chi connectivity index (χ1v) is 6.29. The van der Waals surface area contributed by atoms with Gasteiger partial charge < -0.3 is 0 Å². The Bertz CT molecular complexity index is 650. The minimum atomic E-state index is -0.465. The lowest BCUT2D eigenvalue weighted by atomic mass is 10.2. The number of hydrogen-bond donors (Lipinski definition) is 0. The van der Waals surface area contributed by atoms with Crippen LogP contribution in [0.1, 0.15) is 17.8 Å². The second kappa shape index (κ2) is 5.80. The van der Waals surface area contributed by atoms with Crippen LogP contribution in [0.4, 0.5) is 0 Å². The molecule has 0 unspecified atom stereocenters. The number of nitrogens with zero attached hydrogens (tertiary/aromatic N) is 2. The van der Waals surface area contributed by atoms with Crippen LogP contribution in [0.3, 0.4) is 0 Å². The molecule has 0 fully saturated rings. The molecule has 0 spiro atoms. The van der Waals surface area contributed by atoms with Crippen LogP contribution < -0.4 is 5.43 Å². The molecule has 0 radical (unpaired) electrons. The molecule has 0 saturated heterocycles. The molecular formula is C14H13ClN2O2. The molecule has 0 aliphatic carbocycles. The number of carbonyl (C=O) groups excluding carboxylic acids is 1.